The summed E-state index contributed by atoms with van der Waals surface area (Å²) >= 11 is 4.03. The molecule has 1 amide bonds. The average Bonchev–Trinajstić information content (AvgIpc) is 2.52. The lowest BCUT2D eigenvalue weighted by Crippen LogP contribution is -2.12. The molecule has 0 aliphatic rings. The molecule has 7 heteroatoms. The third-order valence-electron chi connectivity index (χ3n) is 1.09. The van der Waals surface area contributed by atoms with Crippen molar-refractivity contribution in [2.45, 2.75) is 0 Å². The monoisotopic (exact) mass is 264 g/mol. The Balaban J connectivity index is 2.69. The van der Waals surface area contributed by atoms with E-state index in [1.165, 1.54) is 5.38 Å². The molecule has 13 heavy (non-hydrogen) atoms. The zero-order valence-electron chi connectivity index (χ0n) is 6.28. The summed E-state index contributed by atoms with van der Waals surface area (Å²) in [5.41, 5.74) is -0.0603. The number of aromatic nitrogens is 1. The van der Waals surface area contributed by atoms with E-state index in [1.54, 1.807) is 0 Å². The number of nitrogens with one attached hydrogen (secondary N) is 1. The quantitative estimate of drug-likeness (QED) is 0.804. The van der Waals surface area contributed by atoms with Crippen LogP contribution in [-0.4, -0.2) is 27.3 Å². The number of carboxylic acid groups (broad SMARTS) is 1. The molecular weight excluding hydrogens is 260 g/mol. The van der Waals surface area contributed by atoms with Crippen LogP contribution < -0.4 is 5.32 Å². The number of carboxylic acids is 1. The average molecular weight is 265 g/mol. The van der Waals surface area contributed by atoms with E-state index in [0.717, 1.165) is 11.3 Å². The van der Waals surface area contributed by atoms with Crippen LogP contribution >= 0.6 is 27.3 Å². The Morgan fingerprint density at radius 3 is 2.85 bits per heavy atom. The number of thiazole rings is 1. The summed E-state index contributed by atoms with van der Waals surface area (Å²) in [6.45, 7) is 0. The number of aromatic carboxylic acids is 1. The predicted molar refractivity (Wildman–Crippen MR) is 51.5 cm³/mol. The second-order valence-electron chi connectivity index (χ2n) is 2.02. The van der Waals surface area contributed by atoms with Crippen molar-refractivity contribution in [3.05, 3.63) is 11.1 Å². The number of anilines is 1. The van der Waals surface area contributed by atoms with E-state index < -0.39 is 5.97 Å². The second kappa shape index (κ2) is 4.33. The minimum atomic E-state index is -1.10. The summed E-state index contributed by atoms with van der Waals surface area (Å²) in [5, 5.41) is 12.8. The highest BCUT2D eigenvalue weighted by molar-refractivity contribution is 9.09. The van der Waals surface area contributed by atoms with Gasteiger partial charge in [-0.25, -0.2) is 9.78 Å². The predicted octanol–water partition coefficient (Wildman–Crippen LogP) is 1.17. The van der Waals surface area contributed by atoms with Gasteiger partial charge in [0, 0.05) is 5.38 Å². The molecule has 70 valence electrons. The van der Waals surface area contributed by atoms with Gasteiger partial charge in [0.15, 0.2) is 10.8 Å². The van der Waals surface area contributed by atoms with E-state index in [0.29, 0.717) is 5.13 Å². The normalized spacial score (nSPS) is 9.62. The number of rotatable bonds is 3. The van der Waals surface area contributed by atoms with Crippen molar-refractivity contribution in [2.24, 2.45) is 0 Å². The fraction of sp³-hybridized carbons (Fsp3) is 0.167. The maximum Gasteiger partial charge on any atom is 0.355 e. The molecule has 0 saturated carbocycles. The first-order chi connectivity index (χ1) is 6.13. The standard InChI is InChI=1S/C6H5BrN2O3S/c7-1-4(10)9-6-8-3(2-13-6)5(11)12/h2H,1H2,(H,11,12)(H,8,9,10). The van der Waals surface area contributed by atoms with E-state index in [9.17, 15) is 9.59 Å². The van der Waals surface area contributed by atoms with E-state index in [4.69, 9.17) is 5.11 Å². The van der Waals surface area contributed by atoms with Gasteiger partial charge >= 0.3 is 5.97 Å². The molecule has 0 saturated heterocycles. The lowest BCUT2D eigenvalue weighted by molar-refractivity contribution is -0.113. The van der Waals surface area contributed by atoms with Gasteiger partial charge < -0.3 is 10.4 Å². The van der Waals surface area contributed by atoms with Crippen molar-refractivity contribution in [2.75, 3.05) is 10.6 Å². The van der Waals surface area contributed by atoms with Crippen LogP contribution in [0.1, 0.15) is 10.5 Å². The lowest BCUT2D eigenvalue weighted by atomic mass is 10.5. The summed E-state index contributed by atoms with van der Waals surface area (Å²) in [6, 6.07) is 0. The molecule has 0 unspecified atom stereocenters. The molecule has 0 aliphatic heterocycles. The molecule has 2 N–H and O–H groups in total. The lowest BCUT2D eigenvalue weighted by Gasteiger charge is -1.94. The van der Waals surface area contributed by atoms with Gasteiger partial charge in [-0.1, -0.05) is 15.9 Å². The summed E-state index contributed by atoms with van der Waals surface area (Å²) in [6.07, 6.45) is 0. The van der Waals surface area contributed by atoms with Crippen LogP contribution in [-0.2, 0) is 4.79 Å². The SMILES string of the molecule is O=C(CBr)Nc1nc(C(=O)O)cs1. The van der Waals surface area contributed by atoms with Crippen LogP contribution in [0.2, 0.25) is 0 Å². The molecule has 0 radical (unpaired) electrons. The zero-order valence-corrected chi connectivity index (χ0v) is 8.68. The molecule has 0 aliphatic carbocycles. The molecule has 1 heterocycles. The number of amides is 1. The smallest absolute Gasteiger partial charge is 0.355 e. The molecule has 0 atom stereocenters. The van der Waals surface area contributed by atoms with Crippen molar-refractivity contribution in [3.8, 4) is 0 Å². The molecule has 1 aromatic rings. The van der Waals surface area contributed by atoms with Gasteiger partial charge in [0.25, 0.3) is 0 Å². The number of carbonyl (C=O) groups is 2. The van der Waals surface area contributed by atoms with Gasteiger partial charge in [-0.15, -0.1) is 11.3 Å². The first-order valence-corrected chi connectivity index (χ1v) is 5.18. The molecule has 1 aromatic heterocycles. The van der Waals surface area contributed by atoms with E-state index in [2.05, 4.69) is 26.2 Å². The maximum atomic E-state index is 10.8. The van der Waals surface area contributed by atoms with E-state index >= 15 is 0 Å². The third-order valence-corrected chi connectivity index (χ3v) is 2.36. The Labute approximate surface area is 85.9 Å². The topological polar surface area (TPSA) is 79.3 Å². The summed E-state index contributed by atoms with van der Waals surface area (Å²) in [4.78, 5) is 24.9. The van der Waals surface area contributed by atoms with Crippen LogP contribution in [0, 0.1) is 0 Å². The van der Waals surface area contributed by atoms with E-state index in [1.807, 2.05) is 0 Å². The Hall–Kier alpha value is -0.950. The minimum Gasteiger partial charge on any atom is -0.476 e. The second-order valence-corrected chi connectivity index (χ2v) is 3.44. The Morgan fingerprint density at radius 2 is 2.38 bits per heavy atom. The van der Waals surface area contributed by atoms with Gasteiger partial charge in [0.1, 0.15) is 0 Å². The van der Waals surface area contributed by atoms with Crippen LogP contribution in [0.4, 0.5) is 5.13 Å². The summed E-state index contributed by atoms with van der Waals surface area (Å²) < 4.78 is 0. The maximum absolute atomic E-state index is 10.8. The Kier molecular flexibility index (Phi) is 3.38. The molecule has 0 bridgehead atoms. The molecule has 1 rings (SSSR count). The van der Waals surface area contributed by atoms with Gasteiger partial charge in [-0.05, 0) is 0 Å². The number of nitrogens with zero attached hydrogens (tertiary/aromatic N) is 1. The van der Waals surface area contributed by atoms with Gasteiger partial charge in [0.05, 0.1) is 5.33 Å². The molecule has 5 nitrogen and oxygen atoms in total. The van der Waals surface area contributed by atoms with Crippen LogP contribution in [0.3, 0.4) is 0 Å². The number of carbonyl (C=O) groups excluding carboxylic acids is 1. The number of hydrogen-bond donors (Lipinski definition) is 2. The van der Waals surface area contributed by atoms with Gasteiger partial charge in [-0.2, -0.15) is 0 Å². The number of hydrogen-bond acceptors (Lipinski definition) is 4. The summed E-state index contributed by atoms with van der Waals surface area (Å²) in [7, 11) is 0. The largest absolute Gasteiger partial charge is 0.476 e. The van der Waals surface area contributed by atoms with Crippen molar-refractivity contribution in [1.82, 2.24) is 4.98 Å². The highest BCUT2D eigenvalue weighted by Crippen LogP contribution is 2.15. The third kappa shape index (κ3) is 2.78. The molecule has 0 spiro atoms. The summed E-state index contributed by atoms with van der Waals surface area (Å²) in [5.74, 6) is -1.36. The first-order valence-electron chi connectivity index (χ1n) is 3.18. The Bertz CT molecular complexity index is 338. The van der Waals surface area contributed by atoms with Gasteiger partial charge in [-0.3, -0.25) is 4.79 Å². The van der Waals surface area contributed by atoms with Crippen molar-refractivity contribution < 1.29 is 14.7 Å². The highest BCUT2D eigenvalue weighted by Gasteiger charge is 2.09. The fourth-order valence-corrected chi connectivity index (χ4v) is 1.42. The minimum absolute atomic E-state index is 0.0603. The van der Waals surface area contributed by atoms with Crippen LogP contribution in [0.25, 0.3) is 0 Å². The first kappa shape index (κ1) is 10.1. The van der Waals surface area contributed by atoms with Gasteiger partial charge in [0.2, 0.25) is 5.91 Å². The Morgan fingerprint density at radius 1 is 1.69 bits per heavy atom. The fourth-order valence-electron chi connectivity index (χ4n) is 0.582. The van der Waals surface area contributed by atoms with Crippen LogP contribution in [0.5, 0.6) is 0 Å². The van der Waals surface area contributed by atoms with E-state index in [-0.39, 0.29) is 16.9 Å². The van der Waals surface area contributed by atoms with Crippen molar-refractivity contribution in [3.63, 3.8) is 0 Å². The number of halogens is 1. The molecule has 0 fully saturated rings. The molecule has 0 aromatic carbocycles. The highest BCUT2D eigenvalue weighted by atomic mass is 79.9. The van der Waals surface area contributed by atoms with Crippen molar-refractivity contribution in [1.29, 1.82) is 0 Å². The molecular formula is C6H5BrN2O3S. The number of alkyl halides is 1. The van der Waals surface area contributed by atoms with Crippen molar-refractivity contribution >= 4 is 44.3 Å². The zero-order chi connectivity index (χ0) is 9.84. The van der Waals surface area contributed by atoms with Crippen LogP contribution in [0.15, 0.2) is 5.38 Å².